The quantitative estimate of drug-likeness (QED) is 0.323. The lowest BCUT2D eigenvalue weighted by Crippen LogP contribution is -2.32. The molecule has 0 aliphatic heterocycles. The lowest BCUT2D eigenvalue weighted by molar-refractivity contribution is -0.115. The number of hydrogen-bond donors (Lipinski definition) is 2. The second kappa shape index (κ2) is 10.1. The number of thiocarbonyl (C=S) groups is 1. The van der Waals surface area contributed by atoms with Crippen molar-refractivity contribution in [2.45, 2.75) is 0 Å². The summed E-state index contributed by atoms with van der Waals surface area (Å²) in [5, 5.41) is 6.45. The number of pyridine rings is 1. The zero-order valence-electron chi connectivity index (χ0n) is 18.4. The van der Waals surface area contributed by atoms with Crippen molar-refractivity contribution < 1.29 is 18.8 Å². The van der Waals surface area contributed by atoms with Gasteiger partial charge in [0.2, 0.25) is 5.91 Å². The fraction of sp³-hybridized carbons (Fsp3) is 0.0800. The van der Waals surface area contributed by atoms with E-state index in [0.29, 0.717) is 33.8 Å². The summed E-state index contributed by atoms with van der Waals surface area (Å²) in [6.45, 7) is 0. The molecule has 0 bridgehead atoms. The molecule has 0 saturated carbocycles. The van der Waals surface area contributed by atoms with Crippen LogP contribution in [0.2, 0.25) is 0 Å². The number of fused-ring (bicyclic) bond motifs is 1. The number of para-hydroxylation sites is 1. The summed E-state index contributed by atoms with van der Waals surface area (Å²) in [7, 11) is 2.96. The van der Waals surface area contributed by atoms with Crippen molar-refractivity contribution in [1.82, 2.24) is 10.0 Å². The summed E-state index contributed by atoms with van der Waals surface area (Å²) in [5.74, 6) is 0.594. The van der Waals surface area contributed by atoms with Gasteiger partial charge >= 0.3 is 0 Å². The van der Waals surface area contributed by atoms with E-state index in [0.717, 1.165) is 5.39 Å². The van der Waals surface area contributed by atoms with Crippen LogP contribution in [0, 0.1) is 0 Å². The van der Waals surface area contributed by atoms with Gasteiger partial charge in [0.15, 0.2) is 5.11 Å². The van der Waals surface area contributed by atoms with Gasteiger partial charge in [-0.15, -0.1) is 4.73 Å². The number of nitrogens with one attached hydrogen (secondary N) is 2. The third-order valence-corrected chi connectivity index (χ3v) is 5.19. The number of amides is 1. The Morgan fingerprint density at radius 1 is 1.06 bits per heavy atom. The van der Waals surface area contributed by atoms with Gasteiger partial charge in [-0.2, -0.15) is 0 Å². The lowest BCUT2D eigenvalue weighted by atomic mass is 10.0. The number of benzene rings is 2. The van der Waals surface area contributed by atoms with Crippen LogP contribution < -0.4 is 25.8 Å². The highest BCUT2D eigenvalue weighted by atomic mass is 32.1. The second-order valence-electron chi connectivity index (χ2n) is 7.11. The SMILES string of the molecule is COc1cc(NC(=S)NC(=O)/C=C/c2ccco2)ccc1-c1cc2ccccc2n(OC)c1=O. The minimum atomic E-state index is -0.409. The minimum absolute atomic E-state index is 0.108. The van der Waals surface area contributed by atoms with Gasteiger partial charge in [-0.05, 0) is 54.7 Å². The second-order valence-corrected chi connectivity index (χ2v) is 7.51. The molecule has 0 atom stereocenters. The molecule has 0 spiro atoms. The predicted molar refractivity (Wildman–Crippen MR) is 135 cm³/mol. The lowest BCUT2D eigenvalue weighted by Gasteiger charge is -2.15. The van der Waals surface area contributed by atoms with Crippen molar-refractivity contribution in [3.05, 3.63) is 89.1 Å². The Balaban J connectivity index is 1.57. The number of methoxy groups -OCH3 is 1. The summed E-state index contributed by atoms with van der Waals surface area (Å²) >= 11 is 5.23. The Kier molecular flexibility index (Phi) is 6.74. The standard InChI is InChI=1S/C25H21N3O5S/c1-31-22-15-17(26-25(34)27-23(29)12-10-18-7-5-13-33-18)9-11-19(22)20-14-16-6-3-4-8-21(16)28(32-2)24(20)30/h3-15H,1-2H3,(H2,26,27,29,34)/b12-10+. The Morgan fingerprint density at radius 2 is 1.88 bits per heavy atom. The molecule has 0 radical (unpaired) electrons. The molecule has 1 amide bonds. The molecule has 0 saturated heterocycles. The summed E-state index contributed by atoms with van der Waals surface area (Å²) < 4.78 is 11.9. The Bertz CT molecular complexity index is 1440. The molecule has 0 unspecified atom stereocenters. The first-order valence-corrected chi connectivity index (χ1v) is 10.6. The maximum Gasteiger partial charge on any atom is 0.291 e. The third kappa shape index (κ3) is 4.84. The van der Waals surface area contributed by atoms with Gasteiger partial charge in [0.25, 0.3) is 5.56 Å². The van der Waals surface area contributed by atoms with Crippen molar-refractivity contribution >= 4 is 45.9 Å². The molecule has 4 aromatic rings. The maximum absolute atomic E-state index is 13.1. The van der Waals surface area contributed by atoms with Gasteiger partial charge in [0, 0.05) is 28.8 Å². The van der Waals surface area contributed by atoms with Gasteiger partial charge in [-0.1, -0.05) is 18.2 Å². The molecule has 34 heavy (non-hydrogen) atoms. The van der Waals surface area contributed by atoms with Crippen LogP contribution >= 0.6 is 12.2 Å². The first-order chi connectivity index (χ1) is 16.5. The number of furan rings is 1. The molecule has 172 valence electrons. The monoisotopic (exact) mass is 475 g/mol. The van der Waals surface area contributed by atoms with Gasteiger partial charge in [-0.3, -0.25) is 14.9 Å². The highest BCUT2D eigenvalue weighted by Gasteiger charge is 2.16. The summed E-state index contributed by atoms with van der Waals surface area (Å²) in [6, 6.07) is 17.9. The number of ether oxygens (including phenoxy) is 1. The molecule has 0 aliphatic carbocycles. The van der Waals surface area contributed by atoms with E-state index in [1.807, 2.05) is 24.3 Å². The molecular formula is C25H21N3O5S. The minimum Gasteiger partial charge on any atom is -0.496 e. The van der Waals surface area contributed by atoms with E-state index in [4.69, 9.17) is 26.2 Å². The number of rotatable bonds is 6. The molecule has 0 fully saturated rings. The van der Waals surface area contributed by atoms with Crippen molar-refractivity contribution in [3.8, 4) is 16.9 Å². The first kappa shape index (κ1) is 22.8. The third-order valence-electron chi connectivity index (χ3n) is 4.98. The normalized spacial score (nSPS) is 10.9. The van der Waals surface area contributed by atoms with Crippen LogP contribution in [0.25, 0.3) is 28.1 Å². The number of aromatic nitrogens is 1. The van der Waals surface area contributed by atoms with E-state index in [1.165, 1.54) is 37.4 Å². The number of carbonyl (C=O) groups excluding carboxylic acids is 1. The van der Waals surface area contributed by atoms with E-state index in [9.17, 15) is 9.59 Å². The van der Waals surface area contributed by atoms with Crippen molar-refractivity contribution in [3.63, 3.8) is 0 Å². The van der Waals surface area contributed by atoms with Crippen LogP contribution in [-0.2, 0) is 4.79 Å². The van der Waals surface area contributed by atoms with Crippen LogP contribution in [0.15, 0.2) is 82.2 Å². The molecule has 0 aliphatic rings. The largest absolute Gasteiger partial charge is 0.496 e. The summed E-state index contributed by atoms with van der Waals surface area (Å²) in [6.07, 6.45) is 4.37. The topological polar surface area (TPSA) is 94.7 Å². The average Bonchev–Trinajstić information content (AvgIpc) is 3.36. The molecular weight excluding hydrogens is 454 g/mol. The van der Waals surface area contributed by atoms with Gasteiger partial charge in [0.05, 0.1) is 24.5 Å². The molecule has 2 heterocycles. The highest BCUT2D eigenvalue weighted by molar-refractivity contribution is 7.80. The van der Waals surface area contributed by atoms with Crippen molar-refractivity contribution in [1.29, 1.82) is 0 Å². The molecule has 8 nitrogen and oxygen atoms in total. The van der Waals surface area contributed by atoms with Crippen molar-refractivity contribution in [2.24, 2.45) is 0 Å². The van der Waals surface area contributed by atoms with E-state index in [2.05, 4.69) is 10.6 Å². The van der Waals surface area contributed by atoms with Crippen LogP contribution in [0.3, 0.4) is 0 Å². The summed E-state index contributed by atoms with van der Waals surface area (Å²) in [5.41, 5.74) is 1.94. The molecule has 9 heteroatoms. The fourth-order valence-electron chi connectivity index (χ4n) is 3.46. The number of anilines is 1. The van der Waals surface area contributed by atoms with Crippen LogP contribution in [0.4, 0.5) is 5.69 Å². The van der Waals surface area contributed by atoms with E-state index < -0.39 is 5.91 Å². The van der Waals surface area contributed by atoms with Gasteiger partial charge in [0.1, 0.15) is 18.6 Å². The zero-order chi connectivity index (χ0) is 24.1. The highest BCUT2D eigenvalue weighted by Crippen LogP contribution is 2.32. The van der Waals surface area contributed by atoms with E-state index in [1.54, 1.807) is 36.4 Å². The Morgan fingerprint density at radius 3 is 2.62 bits per heavy atom. The molecule has 2 aromatic carbocycles. The molecule has 4 rings (SSSR count). The van der Waals surface area contributed by atoms with Crippen molar-refractivity contribution in [2.75, 3.05) is 19.5 Å². The Labute approximate surface area is 200 Å². The first-order valence-electron chi connectivity index (χ1n) is 10.2. The smallest absolute Gasteiger partial charge is 0.291 e. The number of carbonyl (C=O) groups is 1. The number of hydrogen-bond acceptors (Lipinski definition) is 6. The van der Waals surface area contributed by atoms with Crippen LogP contribution in [-0.4, -0.2) is 30.0 Å². The summed E-state index contributed by atoms with van der Waals surface area (Å²) in [4.78, 5) is 30.5. The van der Waals surface area contributed by atoms with Crippen LogP contribution in [0.5, 0.6) is 5.75 Å². The molecule has 2 N–H and O–H groups in total. The van der Waals surface area contributed by atoms with E-state index >= 15 is 0 Å². The zero-order valence-corrected chi connectivity index (χ0v) is 19.2. The van der Waals surface area contributed by atoms with E-state index in [-0.39, 0.29) is 10.7 Å². The van der Waals surface area contributed by atoms with Crippen LogP contribution in [0.1, 0.15) is 5.76 Å². The number of nitrogens with zero attached hydrogens (tertiary/aromatic N) is 1. The van der Waals surface area contributed by atoms with Gasteiger partial charge in [-0.25, -0.2) is 0 Å². The Hall–Kier alpha value is -4.37. The predicted octanol–water partition coefficient (Wildman–Crippen LogP) is 3.85. The fourth-order valence-corrected chi connectivity index (χ4v) is 3.67. The maximum atomic E-state index is 13.1. The van der Waals surface area contributed by atoms with Gasteiger partial charge < -0.3 is 19.3 Å². The molecule has 2 aromatic heterocycles. The average molecular weight is 476 g/mol.